The molecule has 0 N–H and O–H groups in total. The summed E-state index contributed by atoms with van der Waals surface area (Å²) in [5, 5.41) is 2.37. The van der Waals surface area contributed by atoms with E-state index in [1.807, 2.05) is 12.4 Å². The van der Waals surface area contributed by atoms with Crippen molar-refractivity contribution >= 4 is 22.3 Å². The fourth-order valence-electron chi connectivity index (χ4n) is 6.19. The van der Waals surface area contributed by atoms with Crippen LogP contribution < -0.4 is 14.5 Å². The monoisotopic (exact) mass is 497 g/mol. The molecule has 3 aliphatic rings. The molecule has 1 unspecified atom stereocenters. The Morgan fingerprint density at radius 1 is 1.08 bits per heavy atom. The van der Waals surface area contributed by atoms with Crippen molar-refractivity contribution in [1.82, 2.24) is 19.9 Å². The van der Waals surface area contributed by atoms with Gasteiger partial charge in [0.05, 0.1) is 12.2 Å². The standard InChI is InChI=1S/C29H35N7O/c1-30-16-21-6-4-14-36(18-21)28-24-11-15-35(27-9-3-7-22-10-12-31-17-25(22)27)19-26(24)32-29(33-28)37-20-23-8-5-13-34(23)2/h3,7,9-10,12,17,21,23H,4-6,8,11,13-16,18-20H2,2H3/t21?,23-/m0/s1. The van der Waals surface area contributed by atoms with Crippen molar-refractivity contribution < 1.29 is 4.74 Å². The van der Waals surface area contributed by atoms with E-state index in [0.29, 0.717) is 31.1 Å². The van der Waals surface area contributed by atoms with Crippen molar-refractivity contribution in [2.24, 2.45) is 5.92 Å². The summed E-state index contributed by atoms with van der Waals surface area (Å²) in [5.74, 6) is 1.42. The molecular formula is C29H35N7O. The minimum Gasteiger partial charge on any atom is -0.462 e. The largest absolute Gasteiger partial charge is 0.462 e. The minimum atomic E-state index is 0.400. The second kappa shape index (κ2) is 10.5. The van der Waals surface area contributed by atoms with Crippen molar-refractivity contribution in [2.45, 2.75) is 44.7 Å². The number of rotatable bonds is 6. The van der Waals surface area contributed by atoms with Crippen LogP contribution in [0.3, 0.4) is 0 Å². The molecule has 3 aromatic rings. The second-order valence-electron chi connectivity index (χ2n) is 10.7. The van der Waals surface area contributed by atoms with E-state index in [1.165, 1.54) is 28.4 Å². The average Bonchev–Trinajstić information content (AvgIpc) is 3.35. The summed E-state index contributed by atoms with van der Waals surface area (Å²) in [4.78, 5) is 25.2. The summed E-state index contributed by atoms with van der Waals surface area (Å²) in [6.45, 7) is 13.2. The molecule has 3 aliphatic heterocycles. The van der Waals surface area contributed by atoms with Crippen LogP contribution in [0.15, 0.2) is 36.7 Å². The number of ether oxygens (including phenoxy) is 1. The number of hydrogen-bond acceptors (Lipinski definition) is 7. The zero-order valence-corrected chi connectivity index (χ0v) is 21.6. The van der Waals surface area contributed by atoms with E-state index < -0.39 is 0 Å². The number of nitrogens with zero attached hydrogens (tertiary/aromatic N) is 7. The zero-order chi connectivity index (χ0) is 25.2. The van der Waals surface area contributed by atoms with Crippen LogP contribution in [0.4, 0.5) is 11.5 Å². The first-order valence-corrected chi connectivity index (χ1v) is 13.6. The average molecular weight is 498 g/mol. The van der Waals surface area contributed by atoms with Crippen LogP contribution in [-0.2, 0) is 13.0 Å². The Morgan fingerprint density at radius 2 is 2.00 bits per heavy atom. The number of likely N-dealkylation sites (tertiary alicyclic amines) is 1. The van der Waals surface area contributed by atoms with Crippen LogP contribution >= 0.6 is 0 Å². The topological polar surface area (TPSA) is 62.0 Å². The SMILES string of the molecule is [C-]#[N+]CC1CCCN(c2nc(OC[C@@H]3CCCN3C)nc3c2CCN(c2cccc4ccncc24)C3)C1. The van der Waals surface area contributed by atoms with E-state index >= 15 is 0 Å². The maximum Gasteiger partial charge on any atom is 0.318 e. The highest BCUT2D eigenvalue weighted by Crippen LogP contribution is 2.35. The van der Waals surface area contributed by atoms with Gasteiger partial charge in [-0.15, -0.1) is 0 Å². The molecule has 0 amide bonds. The van der Waals surface area contributed by atoms with Gasteiger partial charge in [0.15, 0.2) is 0 Å². The van der Waals surface area contributed by atoms with Gasteiger partial charge in [-0.3, -0.25) is 4.98 Å². The maximum atomic E-state index is 7.36. The molecule has 8 nitrogen and oxygen atoms in total. The quantitative estimate of drug-likeness (QED) is 0.473. The summed E-state index contributed by atoms with van der Waals surface area (Å²) in [6, 6.07) is 9.42. The Balaban J connectivity index is 1.32. The second-order valence-corrected chi connectivity index (χ2v) is 10.7. The molecule has 2 aromatic heterocycles. The fraction of sp³-hybridized carbons (Fsp3) is 0.517. The summed E-state index contributed by atoms with van der Waals surface area (Å²) in [7, 11) is 2.17. The molecule has 0 radical (unpaired) electrons. The molecular weight excluding hydrogens is 462 g/mol. The molecule has 0 spiro atoms. The van der Waals surface area contributed by atoms with E-state index in [9.17, 15) is 0 Å². The minimum absolute atomic E-state index is 0.400. The lowest BCUT2D eigenvalue weighted by Crippen LogP contribution is -2.39. The smallest absolute Gasteiger partial charge is 0.318 e. The Morgan fingerprint density at radius 3 is 2.86 bits per heavy atom. The van der Waals surface area contributed by atoms with E-state index in [4.69, 9.17) is 21.3 Å². The van der Waals surface area contributed by atoms with Gasteiger partial charge in [0.2, 0.25) is 6.54 Å². The highest BCUT2D eigenvalue weighted by Gasteiger charge is 2.30. The van der Waals surface area contributed by atoms with Crippen molar-refractivity contribution in [3.05, 3.63) is 59.3 Å². The van der Waals surface area contributed by atoms with Gasteiger partial charge in [-0.2, -0.15) is 9.97 Å². The van der Waals surface area contributed by atoms with Crippen LogP contribution in [0, 0.1) is 12.5 Å². The molecule has 2 saturated heterocycles. The van der Waals surface area contributed by atoms with Crippen LogP contribution in [0.2, 0.25) is 0 Å². The highest BCUT2D eigenvalue weighted by atomic mass is 16.5. The van der Waals surface area contributed by atoms with Gasteiger partial charge >= 0.3 is 6.01 Å². The normalized spacial score (nSPS) is 22.2. The first-order valence-electron chi connectivity index (χ1n) is 13.6. The number of piperidine rings is 1. The van der Waals surface area contributed by atoms with Gasteiger partial charge in [-0.1, -0.05) is 12.1 Å². The summed E-state index contributed by atoms with van der Waals surface area (Å²) in [6.07, 6.45) is 9.28. The number of likely N-dealkylation sites (N-methyl/N-ethyl adjacent to an activating group) is 1. The van der Waals surface area contributed by atoms with Crippen molar-refractivity contribution in [3.8, 4) is 6.01 Å². The van der Waals surface area contributed by atoms with Crippen molar-refractivity contribution in [2.75, 3.05) is 56.2 Å². The van der Waals surface area contributed by atoms with E-state index in [2.05, 4.69) is 55.8 Å². The molecule has 0 aliphatic carbocycles. The number of hydrogen-bond donors (Lipinski definition) is 0. The van der Waals surface area contributed by atoms with Gasteiger partial charge in [0.25, 0.3) is 0 Å². The summed E-state index contributed by atoms with van der Waals surface area (Å²) >= 11 is 0. The lowest BCUT2D eigenvalue weighted by molar-refractivity contribution is 0.187. The number of aromatic nitrogens is 3. The number of benzene rings is 1. The van der Waals surface area contributed by atoms with Gasteiger partial charge in [0.1, 0.15) is 12.4 Å². The highest BCUT2D eigenvalue weighted by molar-refractivity contribution is 5.93. The predicted molar refractivity (Wildman–Crippen MR) is 146 cm³/mol. The van der Waals surface area contributed by atoms with Gasteiger partial charge < -0.3 is 24.3 Å². The van der Waals surface area contributed by atoms with Crippen LogP contribution in [0.25, 0.3) is 15.6 Å². The third-order valence-electron chi connectivity index (χ3n) is 8.27. The van der Waals surface area contributed by atoms with Crippen LogP contribution in [0.1, 0.15) is 36.9 Å². The molecule has 0 bridgehead atoms. The molecule has 2 atom stereocenters. The van der Waals surface area contributed by atoms with E-state index in [1.54, 1.807) is 0 Å². The number of fused-ring (bicyclic) bond motifs is 2. The number of pyridine rings is 1. The maximum absolute atomic E-state index is 7.36. The molecule has 5 heterocycles. The molecule has 37 heavy (non-hydrogen) atoms. The summed E-state index contributed by atoms with van der Waals surface area (Å²) in [5.41, 5.74) is 3.49. The van der Waals surface area contributed by atoms with E-state index in [0.717, 1.165) is 69.9 Å². The van der Waals surface area contributed by atoms with Gasteiger partial charge in [-0.05, 0) is 63.2 Å². The third kappa shape index (κ3) is 4.93. The first kappa shape index (κ1) is 23.9. The van der Waals surface area contributed by atoms with Crippen LogP contribution in [0.5, 0.6) is 6.01 Å². The third-order valence-corrected chi connectivity index (χ3v) is 8.27. The fourth-order valence-corrected chi connectivity index (χ4v) is 6.19. The lowest BCUT2D eigenvalue weighted by Gasteiger charge is -2.36. The van der Waals surface area contributed by atoms with Crippen molar-refractivity contribution in [1.29, 1.82) is 0 Å². The Hall–Kier alpha value is -3.44. The molecule has 8 heteroatoms. The molecule has 2 fully saturated rings. The molecule has 192 valence electrons. The zero-order valence-electron chi connectivity index (χ0n) is 21.6. The van der Waals surface area contributed by atoms with Crippen molar-refractivity contribution in [3.63, 3.8) is 0 Å². The van der Waals surface area contributed by atoms with E-state index in [-0.39, 0.29) is 0 Å². The number of anilines is 2. The first-order chi connectivity index (χ1) is 18.2. The summed E-state index contributed by atoms with van der Waals surface area (Å²) < 4.78 is 6.28. The predicted octanol–water partition coefficient (Wildman–Crippen LogP) is 4.20. The molecule has 6 rings (SSSR count). The van der Waals surface area contributed by atoms with Crippen LogP contribution in [-0.4, -0.2) is 72.3 Å². The lowest BCUT2D eigenvalue weighted by atomic mass is 9.96. The van der Waals surface area contributed by atoms with Gasteiger partial charge in [0, 0.05) is 60.6 Å². The van der Waals surface area contributed by atoms with Gasteiger partial charge in [-0.25, -0.2) is 6.57 Å². The molecule has 1 aromatic carbocycles. The Kier molecular flexibility index (Phi) is 6.79. The molecule has 0 saturated carbocycles. The Bertz CT molecular complexity index is 1300. The Labute approximate surface area is 219 Å².